The average molecular weight is 377 g/mol. The minimum Gasteiger partial charge on any atom is -0.0651 e. The third-order valence-corrected chi connectivity index (χ3v) is 8.10. The van der Waals surface area contributed by atoms with Gasteiger partial charge in [0.2, 0.25) is 0 Å². The zero-order valence-electron chi connectivity index (χ0n) is 19.2. The van der Waals surface area contributed by atoms with Gasteiger partial charge in [0, 0.05) is 0 Å². The van der Waals surface area contributed by atoms with Gasteiger partial charge >= 0.3 is 0 Å². The molecule has 160 valence electrons. The Morgan fingerprint density at radius 3 is 1.33 bits per heavy atom. The fraction of sp³-hybridized carbons (Fsp3) is 1.00. The van der Waals surface area contributed by atoms with Gasteiger partial charge in [0.25, 0.3) is 0 Å². The van der Waals surface area contributed by atoms with Gasteiger partial charge in [0.15, 0.2) is 0 Å². The number of hydrogen-bond donors (Lipinski definition) is 0. The van der Waals surface area contributed by atoms with E-state index in [2.05, 4.69) is 13.8 Å². The molecule has 0 nitrogen and oxygen atoms in total. The lowest BCUT2D eigenvalue weighted by molar-refractivity contribution is 0.283. The van der Waals surface area contributed by atoms with Crippen molar-refractivity contribution in [1.29, 1.82) is 0 Å². The maximum atomic E-state index is 2.45. The first kappa shape index (κ1) is 23.3. The largest absolute Gasteiger partial charge is 0.0651 e. The van der Waals surface area contributed by atoms with Crippen LogP contribution in [0.5, 0.6) is 0 Å². The van der Waals surface area contributed by atoms with E-state index in [9.17, 15) is 0 Å². The molecule has 3 saturated carbocycles. The van der Waals surface area contributed by atoms with Gasteiger partial charge in [-0.3, -0.25) is 0 Å². The van der Waals surface area contributed by atoms with Gasteiger partial charge in [-0.15, -0.1) is 0 Å². The first-order chi connectivity index (χ1) is 13.3. The van der Waals surface area contributed by atoms with Crippen LogP contribution in [0.4, 0.5) is 0 Å². The minimum absolute atomic E-state index is 1.03. The van der Waals surface area contributed by atoms with E-state index in [-0.39, 0.29) is 0 Å². The van der Waals surface area contributed by atoms with E-state index in [0.29, 0.717) is 0 Å². The molecule has 0 bridgehead atoms. The van der Waals surface area contributed by atoms with E-state index in [1.54, 1.807) is 25.7 Å². The maximum absolute atomic E-state index is 2.45. The fourth-order valence-corrected chi connectivity index (χ4v) is 6.12. The SMILES string of the molecule is CC1CCC(C2CCCCCCCC2)C1.CCC1CCCCCCCCC1. The van der Waals surface area contributed by atoms with Crippen molar-refractivity contribution in [2.45, 2.75) is 149 Å². The number of hydrogen-bond acceptors (Lipinski definition) is 0. The Labute approximate surface area is 172 Å². The van der Waals surface area contributed by atoms with Crippen LogP contribution in [-0.2, 0) is 0 Å². The summed E-state index contributed by atoms with van der Waals surface area (Å²) < 4.78 is 0. The van der Waals surface area contributed by atoms with Crippen LogP contribution in [-0.4, -0.2) is 0 Å². The van der Waals surface area contributed by atoms with Crippen molar-refractivity contribution in [2.24, 2.45) is 23.7 Å². The predicted octanol–water partition coefficient (Wildman–Crippen LogP) is 9.71. The molecule has 2 atom stereocenters. The Balaban J connectivity index is 0.000000199. The Kier molecular flexibility index (Phi) is 12.9. The summed E-state index contributed by atoms with van der Waals surface area (Å²) >= 11 is 0. The second kappa shape index (κ2) is 14.9. The predicted molar refractivity (Wildman–Crippen MR) is 122 cm³/mol. The molecule has 3 aliphatic rings. The smallest absolute Gasteiger partial charge is 0.0383 e. The Morgan fingerprint density at radius 1 is 0.481 bits per heavy atom. The van der Waals surface area contributed by atoms with Crippen LogP contribution in [0.15, 0.2) is 0 Å². The van der Waals surface area contributed by atoms with Crippen LogP contribution < -0.4 is 0 Å². The van der Waals surface area contributed by atoms with E-state index in [0.717, 1.165) is 23.7 Å². The highest BCUT2D eigenvalue weighted by Gasteiger charge is 2.28. The van der Waals surface area contributed by atoms with E-state index in [1.807, 2.05) is 0 Å². The second-order valence-electron chi connectivity index (χ2n) is 10.5. The fourth-order valence-electron chi connectivity index (χ4n) is 6.12. The molecule has 0 heterocycles. The number of rotatable bonds is 2. The van der Waals surface area contributed by atoms with Gasteiger partial charge in [-0.1, -0.05) is 136 Å². The summed E-state index contributed by atoms with van der Waals surface area (Å²) in [5.41, 5.74) is 0. The highest BCUT2D eigenvalue weighted by Crippen LogP contribution is 2.40. The molecule has 0 aromatic heterocycles. The molecular weight excluding hydrogens is 324 g/mol. The van der Waals surface area contributed by atoms with Crippen molar-refractivity contribution in [1.82, 2.24) is 0 Å². The Bertz CT molecular complexity index is 313. The molecule has 3 fully saturated rings. The van der Waals surface area contributed by atoms with Crippen LogP contribution in [0.25, 0.3) is 0 Å². The van der Waals surface area contributed by atoms with E-state index < -0.39 is 0 Å². The zero-order chi connectivity index (χ0) is 19.2. The molecule has 0 radical (unpaired) electrons. The standard InChI is InChI=1S/C15H28.C12H24/c1-13-10-11-15(12-13)14-8-6-4-2-3-5-7-9-14;1-2-12-10-8-6-4-3-5-7-9-11-12/h13-15H,2-12H2,1H3;12H,2-11H2,1H3. The quantitative estimate of drug-likeness (QED) is 0.450. The summed E-state index contributed by atoms with van der Waals surface area (Å²) in [6, 6.07) is 0. The molecule has 0 aromatic rings. The second-order valence-corrected chi connectivity index (χ2v) is 10.5. The molecule has 0 aliphatic heterocycles. The topological polar surface area (TPSA) is 0 Å². The third-order valence-electron chi connectivity index (χ3n) is 8.10. The molecule has 0 heteroatoms. The van der Waals surface area contributed by atoms with Crippen LogP contribution in [0.1, 0.15) is 149 Å². The van der Waals surface area contributed by atoms with Gasteiger partial charge in [-0.05, 0) is 36.5 Å². The molecule has 2 unspecified atom stereocenters. The summed E-state index contributed by atoms with van der Waals surface area (Å²) in [5, 5.41) is 0. The lowest BCUT2D eigenvalue weighted by atomic mass is 9.83. The van der Waals surface area contributed by atoms with Crippen molar-refractivity contribution in [3.63, 3.8) is 0 Å². The van der Waals surface area contributed by atoms with Crippen molar-refractivity contribution < 1.29 is 0 Å². The van der Waals surface area contributed by atoms with Crippen molar-refractivity contribution >= 4 is 0 Å². The summed E-state index contributed by atoms with van der Waals surface area (Å²) in [7, 11) is 0. The molecule has 0 spiro atoms. The summed E-state index contributed by atoms with van der Waals surface area (Å²) in [5.74, 6) is 4.30. The van der Waals surface area contributed by atoms with Gasteiger partial charge in [0.05, 0.1) is 0 Å². The highest BCUT2D eigenvalue weighted by atomic mass is 14.3. The van der Waals surface area contributed by atoms with Gasteiger partial charge in [-0.2, -0.15) is 0 Å². The Morgan fingerprint density at radius 2 is 0.926 bits per heavy atom. The lowest BCUT2D eigenvalue weighted by Crippen LogP contribution is -2.12. The van der Waals surface area contributed by atoms with Crippen molar-refractivity contribution in [3.05, 3.63) is 0 Å². The summed E-state index contributed by atoms with van der Waals surface area (Å²) in [6.07, 6.45) is 31.7. The maximum Gasteiger partial charge on any atom is -0.0383 e. The third kappa shape index (κ3) is 10.4. The van der Waals surface area contributed by atoms with Gasteiger partial charge in [-0.25, -0.2) is 0 Å². The normalized spacial score (nSPS) is 30.4. The van der Waals surface area contributed by atoms with Gasteiger partial charge < -0.3 is 0 Å². The van der Waals surface area contributed by atoms with Crippen molar-refractivity contribution in [2.75, 3.05) is 0 Å². The van der Waals surface area contributed by atoms with Crippen LogP contribution in [0, 0.1) is 23.7 Å². The molecule has 0 N–H and O–H groups in total. The van der Waals surface area contributed by atoms with Crippen LogP contribution in [0.2, 0.25) is 0 Å². The van der Waals surface area contributed by atoms with Crippen molar-refractivity contribution in [3.8, 4) is 0 Å². The van der Waals surface area contributed by atoms with E-state index in [4.69, 9.17) is 0 Å². The van der Waals surface area contributed by atoms with E-state index >= 15 is 0 Å². The monoisotopic (exact) mass is 376 g/mol. The summed E-state index contributed by atoms with van der Waals surface area (Å²) in [4.78, 5) is 0. The van der Waals surface area contributed by atoms with E-state index in [1.165, 1.54) is 109 Å². The first-order valence-electron chi connectivity index (χ1n) is 13.3. The highest BCUT2D eigenvalue weighted by molar-refractivity contribution is 4.79. The van der Waals surface area contributed by atoms with Crippen LogP contribution in [0.3, 0.4) is 0 Å². The molecule has 3 rings (SSSR count). The summed E-state index contributed by atoms with van der Waals surface area (Å²) in [6.45, 7) is 4.81. The molecule has 0 saturated heterocycles. The Hall–Kier alpha value is 0. The lowest BCUT2D eigenvalue weighted by Gasteiger charge is -2.23. The molecule has 27 heavy (non-hydrogen) atoms. The first-order valence-corrected chi connectivity index (χ1v) is 13.3. The van der Waals surface area contributed by atoms with Crippen LogP contribution >= 0.6 is 0 Å². The average Bonchev–Trinajstić information content (AvgIpc) is 3.17. The van der Waals surface area contributed by atoms with Gasteiger partial charge in [0.1, 0.15) is 0 Å². The molecular formula is C27H52. The molecule has 3 aliphatic carbocycles. The molecule has 0 aromatic carbocycles. The molecule has 0 amide bonds. The zero-order valence-corrected chi connectivity index (χ0v) is 19.2. The minimum atomic E-state index is 1.03.